The molecule has 0 bridgehead atoms. The predicted octanol–water partition coefficient (Wildman–Crippen LogP) is 5.08. The van der Waals surface area contributed by atoms with E-state index in [2.05, 4.69) is 10.6 Å². The van der Waals surface area contributed by atoms with Crippen LogP contribution >= 0.6 is 23.2 Å². The van der Waals surface area contributed by atoms with Crippen LogP contribution in [0.5, 0.6) is 0 Å². The summed E-state index contributed by atoms with van der Waals surface area (Å²) in [5.41, 5.74) is -0.387. The number of benzene rings is 3. The van der Waals surface area contributed by atoms with Crippen LogP contribution in [0.25, 0.3) is 0 Å². The van der Waals surface area contributed by atoms with Gasteiger partial charge in [0.2, 0.25) is 0 Å². The van der Waals surface area contributed by atoms with Crippen LogP contribution in [0.2, 0.25) is 5.02 Å². The number of nitro groups is 1. The first-order valence-corrected chi connectivity index (χ1v) is 10.6. The number of carbonyl (C=O) groups is 3. The van der Waals surface area contributed by atoms with Gasteiger partial charge in [-0.15, -0.1) is 0 Å². The maximum absolute atomic E-state index is 14.2. The molecule has 0 atom stereocenters. The van der Waals surface area contributed by atoms with Gasteiger partial charge in [0.25, 0.3) is 23.4 Å². The fraction of sp³-hybridized carbons (Fsp3) is 0. The molecule has 0 radical (unpaired) electrons. The molecular formula is C23H13Cl2FN4O5. The summed E-state index contributed by atoms with van der Waals surface area (Å²) < 4.78 is 14.2. The number of halogens is 3. The first-order chi connectivity index (χ1) is 16.7. The van der Waals surface area contributed by atoms with Gasteiger partial charge in [0.1, 0.15) is 21.6 Å². The van der Waals surface area contributed by atoms with Crippen LogP contribution in [0, 0.1) is 15.9 Å². The van der Waals surface area contributed by atoms with Crippen LogP contribution in [0.1, 0.15) is 10.4 Å². The molecule has 35 heavy (non-hydrogen) atoms. The summed E-state index contributed by atoms with van der Waals surface area (Å²) in [6.07, 6.45) is 0. The minimum Gasteiger partial charge on any atom is -0.350 e. The average Bonchev–Trinajstić information content (AvgIpc) is 3.04. The van der Waals surface area contributed by atoms with Gasteiger partial charge in [-0.05, 0) is 42.5 Å². The lowest BCUT2D eigenvalue weighted by molar-refractivity contribution is -0.384. The van der Waals surface area contributed by atoms with Gasteiger partial charge in [-0.3, -0.25) is 24.5 Å². The van der Waals surface area contributed by atoms with Gasteiger partial charge in [0.15, 0.2) is 0 Å². The van der Waals surface area contributed by atoms with Crippen LogP contribution in [0.3, 0.4) is 0 Å². The molecule has 0 aliphatic carbocycles. The monoisotopic (exact) mass is 514 g/mol. The summed E-state index contributed by atoms with van der Waals surface area (Å²) in [7, 11) is 0. The number of anilines is 3. The highest BCUT2D eigenvalue weighted by Crippen LogP contribution is 2.32. The van der Waals surface area contributed by atoms with Crippen molar-refractivity contribution >= 4 is 63.7 Å². The van der Waals surface area contributed by atoms with Crippen molar-refractivity contribution in [1.82, 2.24) is 0 Å². The van der Waals surface area contributed by atoms with E-state index in [0.29, 0.717) is 4.90 Å². The largest absolute Gasteiger partial charge is 0.350 e. The Labute approximate surface area is 206 Å². The highest BCUT2D eigenvalue weighted by molar-refractivity contribution is 6.53. The van der Waals surface area contributed by atoms with E-state index in [1.54, 1.807) is 0 Å². The molecule has 0 saturated carbocycles. The first kappa shape index (κ1) is 23.9. The van der Waals surface area contributed by atoms with E-state index in [4.69, 9.17) is 23.2 Å². The van der Waals surface area contributed by atoms with Crippen molar-refractivity contribution < 1.29 is 23.7 Å². The van der Waals surface area contributed by atoms with E-state index in [0.717, 1.165) is 12.1 Å². The summed E-state index contributed by atoms with van der Waals surface area (Å²) in [4.78, 5) is 49.1. The number of amides is 3. The number of para-hydroxylation sites is 1. The fourth-order valence-corrected chi connectivity index (χ4v) is 3.68. The molecule has 2 N–H and O–H groups in total. The zero-order valence-electron chi connectivity index (χ0n) is 17.4. The lowest BCUT2D eigenvalue weighted by Crippen LogP contribution is -2.33. The Balaban J connectivity index is 1.55. The second-order valence-corrected chi connectivity index (χ2v) is 7.95. The highest BCUT2D eigenvalue weighted by Gasteiger charge is 2.40. The maximum atomic E-state index is 14.2. The number of hydrogen-bond donors (Lipinski definition) is 2. The normalized spacial score (nSPS) is 13.3. The van der Waals surface area contributed by atoms with Gasteiger partial charge >= 0.3 is 0 Å². The maximum Gasteiger partial charge on any atom is 0.289 e. The number of nitrogens with one attached hydrogen (secondary N) is 2. The Morgan fingerprint density at radius 2 is 1.69 bits per heavy atom. The number of rotatable bonds is 6. The fourth-order valence-electron chi connectivity index (χ4n) is 3.28. The number of nitrogens with zero attached hydrogens (tertiary/aromatic N) is 2. The van der Waals surface area contributed by atoms with Crippen molar-refractivity contribution in [2.24, 2.45) is 0 Å². The molecule has 4 rings (SSSR count). The first-order valence-electron chi connectivity index (χ1n) is 9.83. The van der Waals surface area contributed by atoms with E-state index in [1.807, 2.05) is 0 Å². The third-order valence-corrected chi connectivity index (χ3v) is 5.59. The lowest BCUT2D eigenvalue weighted by Gasteiger charge is -2.15. The Morgan fingerprint density at radius 3 is 2.40 bits per heavy atom. The summed E-state index contributed by atoms with van der Waals surface area (Å²) in [6, 6.07) is 14.9. The molecule has 0 spiro atoms. The topological polar surface area (TPSA) is 122 Å². The van der Waals surface area contributed by atoms with E-state index in [1.165, 1.54) is 54.6 Å². The second-order valence-electron chi connectivity index (χ2n) is 7.17. The molecule has 3 aromatic carbocycles. The lowest BCUT2D eigenvalue weighted by atomic mass is 10.1. The van der Waals surface area contributed by atoms with Crippen LogP contribution in [-0.2, 0) is 9.59 Å². The Bertz CT molecular complexity index is 1440. The van der Waals surface area contributed by atoms with Crippen molar-refractivity contribution in [3.63, 3.8) is 0 Å². The van der Waals surface area contributed by atoms with Crippen LogP contribution in [0.15, 0.2) is 77.5 Å². The van der Waals surface area contributed by atoms with Gasteiger partial charge in [-0.2, -0.15) is 0 Å². The second kappa shape index (κ2) is 9.53. The van der Waals surface area contributed by atoms with Gasteiger partial charge in [-0.25, -0.2) is 9.29 Å². The summed E-state index contributed by atoms with van der Waals surface area (Å²) in [5.74, 6) is -3.15. The Kier molecular flexibility index (Phi) is 6.50. The zero-order valence-corrected chi connectivity index (χ0v) is 18.9. The summed E-state index contributed by atoms with van der Waals surface area (Å²) in [6.45, 7) is 0. The molecule has 0 unspecified atom stereocenters. The Hall–Kier alpha value is -4.28. The minimum absolute atomic E-state index is 0.0791. The van der Waals surface area contributed by atoms with Gasteiger partial charge in [-0.1, -0.05) is 41.4 Å². The molecular weight excluding hydrogens is 502 g/mol. The molecule has 1 aliphatic rings. The third kappa shape index (κ3) is 4.70. The van der Waals surface area contributed by atoms with E-state index in [-0.39, 0.29) is 39.0 Å². The Morgan fingerprint density at radius 1 is 0.943 bits per heavy atom. The SMILES string of the molecule is O=C(Nc1ccc(Cl)c([N+](=O)[O-])c1)c1cccc(NC2=C(Cl)C(=O)N(c3ccccc3F)C2=O)c1. The molecule has 0 fully saturated rings. The van der Waals surface area contributed by atoms with Crippen molar-refractivity contribution in [1.29, 1.82) is 0 Å². The minimum atomic E-state index is -0.900. The van der Waals surface area contributed by atoms with Crippen molar-refractivity contribution in [2.45, 2.75) is 0 Å². The van der Waals surface area contributed by atoms with Crippen LogP contribution in [0.4, 0.5) is 27.1 Å². The van der Waals surface area contributed by atoms with E-state index >= 15 is 0 Å². The van der Waals surface area contributed by atoms with Crippen molar-refractivity contribution in [2.75, 3.05) is 15.5 Å². The molecule has 12 heteroatoms. The van der Waals surface area contributed by atoms with E-state index in [9.17, 15) is 28.9 Å². The van der Waals surface area contributed by atoms with Crippen molar-refractivity contribution in [3.05, 3.63) is 104 Å². The summed E-state index contributed by atoms with van der Waals surface area (Å²) >= 11 is 11.9. The molecule has 9 nitrogen and oxygen atoms in total. The molecule has 3 aromatic rings. The third-order valence-electron chi connectivity index (χ3n) is 4.92. The van der Waals surface area contributed by atoms with Gasteiger partial charge in [0.05, 0.1) is 10.6 Å². The predicted molar refractivity (Wildman–Crippen MR) is 128 cm³/mol. The molecule has 0 saturated heterocycles. The smallest absolute Gasteiger partial charge is 0.289 e. The average molecular weight is 515 g/mol. The standard InChI is InChI=1S/C23H13Cl2FN4O5/c24-15-9-8-14(11-18(15)30(34)35)28-21(31)12-4-3-5-13(10-12)27-20-19(25)22(32)29(23(20)33)17-7-2-1-6-16(17)26/h1-11,27H,(H,28,31). The molecule has 3 amide bonds. The zero-order chi connectivity index (χ0) is 25.3. The number of hydrogen-bond acceptors (Lipinski definition) is 6. The van der Waals surface area contributed by atoms with Gasteiger partial charge in [0, 0.05) is 23.0 Å². The molecule has 176 valence electrons. The number of imide groups is 1. The highest BCUT2D eigenvalue weighted by atomic mass is 35.5. The molecule has 0 aromatic heterocycles. The quantitative estimate of drug-likeness (QED) is 0.269. The number of nitro benzene ring substituents is 1. The van der Waals surface area contributed by atoms with E-state index < -0.39 is 33.5 Å². The van der Waals surface area contributed by atoms with Crippen LogP contribution in [-0.4, -0.2) is 22.6 Å². The summed E-state index contributed by atoms with van der Waals surface area (Å²) in [5, 5.41) is 15.8. The number of carbonyl (C=O) groups excluding carboxylic acids is 3. The van der Waals surface area contributed by atoms with Gasteiger partial charge < -0.3 is 10.6 Å². The van der Waals surface area contributed by atoms with Crippen molar-refractivity contribution in [3.8, 4) is 0 Å². The molecule has 1 heterocycles. The van der Waals surface area contributed by atoms with Crippen LogP contribution < -0.4 is 15.5 Å². The molecule has 1 aliphatic heterocycles.